The quantitative estimate of drug-likeness (QED) is 0.725. The summed E-state index contributed by atoms with van der Waals surface area (Å²) in [6, 6.07) is 0.667. The van der Waals surface area contributed by atoms with E-state index in [4.69, 9.17) is 5.73 Å². The molecule has 0 aliphatic carbocycles. The molecule has 0 aromatic rings. The van der Waals surface area contributed by atoms with Crippen LogP contribution >= 0.6 is 0 Å². The summed E-state index contributed by atoms with van der Waals surface area (Å²) in [7, 11) is 0. The molecule has 0 aromatic heterocycles. The molecule has 3 nitrogen and oxygen atoms in total. The van der Waals surface area contributed by atoms with Crippen molar-refractivity contribution in [1.29, 1.82) is 0 Å². The highest BCUT2D eigenvalue weighted by atomic mass is 15.2. The van der Waals surface area contributed by atoms with Crippen LogP contribution in [0, 0.1) is 5.92 Å². The van der Waals surface area contributed by atoms with Crippen molar-refractivity contribution in [2.75, 3.05) is 32.7 Å². The second-order valence-electron chi connectivity index (χ2n) is 5.09. The molecule has 3 N–H and O–H groups in total. The van der Waals surface area contributed by atoms with E-state index >= 15 is 0 Å². The third-order valence-corrected chi connectivity index (χ3v) is 3.91. The Labute approximate surface area is 93.4 Å². The highest BCUT2D eigenvalue weighted by Gasteiger charge is 2.24. The summed E-state index contributed by atoms with van der Waals surface area (Å²) >= 11 is 0. The fraction of sp³-hybridized carbons (Fsp3) is 1.00. The van der Waals surface area contributed by atoms with Gasteiger partial charge < -0.3 is 11.1 Å². The van der Waals surface area contributed by atoms with E-state index in [-0.39, 0.29) is 0 Å². The van der Waals surface area contributed by atoms with Gasteiger partial charge in [0.2, 0.25) is 0 Å². The van der Waals surface area contributed by atoms with Crippen molar-refractivity contribution in [3.63, 3.8) is 0 Å². The molecular formula is C12H25N3. The smallest absolute Gasteiger partial charge is 0.0218 e. The zero-order valence-electron chi connectivity index (χ0n) is 9.75. The summed E-state index contributed by atoms with van der Waals surface area (Å²) < 4.78 is 0. The third kappa shape index (κ3) is 3.16. The third-order valence-electron chi connectivity index (χ3n) is 3.91. The number of nitrogens with one attached hydrogen (secondary N) is 1. The van der Waals surface area contributed by atoms with E-state index in [0.29, 0.717) is 6.04 Å². The molecule has 0 aromatic carbocycles. The maximum Gasteiger partial charge on any atom is 0.0218 e. The molecule has 0 amide bonds. The van der Waals surface area contributed by atoms with Crippen molar-refractivity contribution in [2.45, 2.75) is 38.1 Å². The second kappa shape index (κ2) is 5.83. The lowest BCUT2D eigenvalue weighted by Gasteiger charge is -2.38. The van der Waals surface area contributed by atoms with Crippen LogP contribution < -0.4 is 11.1 Å². The van der Waals surface area contributed by atoms with E-state index in [0.717, 1.165) is 12.5 Å². The fourth-order valence-electron chi connectivity index (χ4n) is 2.98. The van der Waals surface area contributed by atoms with Crippen molar-refractivity contribution < 1.29 is 0 Å². The van der Waals surface area contributed by atoms with Gasteiger partial charge in [0.05, 0.1) is 0 Å². The lowest BCUT2D eigenvalue weighted by atomic mass is 9.95. The Kier molecular flexibility index (Phi) is 4.42. The zero-order valence-corrected chi connectivity index (χ0v) is 9.75. The number of hydrogen-bond donors (Lipinski definition) is 2. The van der Waals surface area contributed by atoms with Crippen LogP contribution in [0.2, 0.25) is 0 Å². The predicted molar refractivity (Wildman–Crippen MR) is 63.9 cm³/mol. The molecule has 88 valence electrons. The summed E-state index contributed by atoms with van der Waals surface area (Å²) in [5.41, 5.74) is 5.84. The van der Waals surface area contributed by atoms with E-state index in [1.54, 1.807) is 0 Å². The lowest BCUT2D eigenvalue weighted by Crippen LogP contribution is -2.48. The SMILES string of the molecule is NCC1CCCCN1CC1CCCNC1. The molecule has 0 bridgehead atoms. The Morgan fingerprint density at radius 2 is 2.13 bits per heavy atom. The second-order valence-corrected chi connectivity index (χ2v) is 5.09. The van der Waals surface area contributed by atoms with Gasteiger partial charge in [-0.1, -0.05) is 6.42 Å². The predicted octanol–water partition coefficient (Wildman–Crippen LogP) is 0.799. The van der Waals surface area contributed by atoms with E-state index in [2.05, 4.69) is 10.2 Å². The maximum atomic E-state index is 5.84. The summed E-state index contributed by atoms with van der Waals surface area (Å²) in [5.74, 6) is 0.867. The molecule has 2 aliphatic heterocycles. The minimum atomic E-state index is 0.667. The standard InChI is InChI=1S/C12H25N3/c13-8-12-5-1-2-7-15(12)10-11-4-3-6-14-9-11/h11-12,14H,1-10,13H2. The van der Waals surface area contributed by atoms with E-state index in [9.17, 15) is 0 Å². The van der Waals surface area contributed by atoms with Gasteiger partial charge in [-0.2, -0.15) is 0 Å². The van der Waals surface area contributed by atoms with Crippen LogP contribution in [0.4, 0.5) is 0 Å². The number of nitrogens with two attached hydrogens (primary N) is 1. The van der Waals surface area contributed by atoms with E-state index in [1.807, 2.05) is 0 Å². The largest absolute Gasteiger partial charge is 0.329 e. The summed E-state index contributed by atoms with van der Waals surface area (Å²) in [4.78, 5) is 2.64. The highest BCUT2D eigenvalue weighted by Crippen LogP contribution is 2.20. The first-order valence-electron chi connectivity index (χ1n) is 6.55. The molecule has 3 heteroatoms. The monoisotopic (exact) mass is 211 g/mol. The lowest BCUT2D eigenvalue weighted by molar-refractivity contribution is 0.121. The Hall–Kier alpha value is -0.120. The number of nitrogens with zero attached hydrogens (tertiary/aromatic N) is 1. The fourth-order valence-corrected chi connectivity index (χ4v) is 2.98. The Balaban J connectivity index is 1.79. The molecule has 2 heterocycles. The number of likely N-dealkylation sites (tertiary alicyclic amines) is 1. The van der Waals surface area contributed by atoms with Gasteiger partial charge in [-0.25, -0.2) is 0 Å². The van der Waals surface area contributed by atoms with E-state index in [1.165, 1.54) is 58.3 Å². The first-order valence-corrected chi connectivity index (χ1v) is 6.55. The Morgan fingerprint density at radius 3 is 2.87 bits per heavy atom. The normalized spacial score (nSPS) is 34.2. The molecule has 2 saturated heterocycles. The minimum absolute atomic E-state index is 0.667. The molecule has 2 rings (SSSR count). The van der Waals surface area contributed by atoms with Gasteiger partial charge in [0.25, 0.3) is 0 Å². The van der Waals surface area contributed by atoms with Crippen LogP contribution in [-0.4, -0.2) is 43.7 Å². The number of rotatable bonds is 3. The van der Waals surface area contributed by atoms with Gasteiger partial charge in [0, 0.05) is 19.1 Å². The van der Waals surface area contributed by atoms with Crippen LogP contribution in [0.1, 0.15) is 32.1 Å². The van der Waals surface area contributed by atoms with Gasteiger partial charge in [-0.3, -0.25) is 4.90 Å². The van der Waals surface area contributed by atoms with Crippen molar-refractivity contribution in [3.8, 4) is 0 Å². The van der Waals surface area contributed by atoms with E-state index < -0.39 is 0 Å². The summed E-state index contributed by atoms with van der Waals surface area (Å²) in [6.07, 6.45) is 6.82. The Morgan fingerprint density at radius 1 is 1.20 bits per heavy atom. The van der Waals surface area contributed by atoms with Crippen molar-refractivity contribution >= 4 is 0 Å². The Bertz CT molecular complexity index is 178. The van der Waals surface area contributed by atoms with Gasteiger partial charge in [-0.15, -0.1) is 0 Å². The first kappa shape index (κ1) is 11.4. The van der Waals surface area contributed by atoms with Crippen molar-refractivity contribution in [1.82, 2.24) is 10.2 Å². The number of piperidine rings is 2. The van der Waals surface area contributed by atoms with Gasteiger partial charge in [-0.05, 0) is 51.2 Å². The van der Waals surface area contributed by atoms with Gasteiger partial charge in [0.1, 0.15) is 0 Å². The summed E-state index contributed by atoms with van der Waals surface area (Å²) in [5, 5.41) is 3.50. The van der Waals surface area contributed by atoms with Crippen LogP contribution in [-0.2, 0) is 0 Å². The summed E-state index contributed by atoms with van der Waals surface area (Å²) in [6.45, 7) is 5.83. The topological polar surface area (TPSA) is 41.3 Å². The zero-order chi connectivity index (χ0) is 10.5. The molecule has 2 aliphatic rings. The van der Waals surface area contributed by atoms with Crippen molar-refractivity contribution in [2.24, 2.45) is 11.7 Å². The molecule has 0 radical (unpaired) electrons. The average molecular weight is 211 g/mol. The van der Waals surface area contributed by atoms with Crippen LogP contribution in [0.5, 0.6) is 0 Å². The minimum Gasteiger partial charge on any atom is -0.329 e. The molecule has 2 atom stereocenters. The maximum absolute atomic E-state index is 5.84. The van der Waals surface area contributed by atoms with Gasteiger partial charge >= 0.3 is 0 Å². The molecule has 0 saturated carbocycles. The van der Waals surface area contributed by atoms with Crippen LogP contribution in [0.25, 0.3) is 0 Å². The van der Waals surface area contributed by atoms with Gasteiger partial charge in [0.15, 0.2) is 0 Å². The number of hydrogen-bond acceptors (Lipinski definition) is 3. The molecule has 0 spiro atoms. The van der Waals surface area contributed by atoms with Crippen LogP contribution in [0.3, 0.4) is 0 Å². The molecule has 15 heavy (non-hydrogen) atoms. The molecular weight excluding hydrogens is 186 g/mol. The van der Waals surface area contributed by atoms with Crippen molar-refractivity contribution in [3.05, 3.63) is 0 Å². The van der Waals surface area contributed by atoms with Crippen LogP contribution in [0.15, 0.2) is 0 Å². The first-order chi connectivity index (χ1) is 7.40. The molecule has 2 fully saturated rings. The highest BCUT2D eigenvalue weighted by molar-refractivity contribution is 4.81. The molecule has 2 unspecified atom stereocenters. The average Bonchev–Trinajstić information content (AvgIpc) is 2.31.